The minimum absolute atomic E-state index is 0.0845. The molecule has 7 heteroatoms. The molecule has 1 aromatic heterocycles. The lowest BCUT2D eigenvalue weighted by atomic mass is 9.92. The molecule has 0 bridgehead atoms. The van der Waals surface area contributed by atoms with Crippen molar-refractivity contribution in [1.82, 2.24) is 20.5 Å². The zero-order valence-corrected chi connectivity index (χ0v) is 18.8. The molecule has 3 atom stereocenters. The van der Waals surface area contributed by atoms with Crippen molar-refractivity contribution in [2.24, 2.45) is 0 Å². The van der Waals surface area contributed by atoms with Crippen LogP contribution in [0.4, 0.5) is 0 Å². The number of benzene rings is 1. The van der Waals surface area contributed by atoms with Crippen molar-refractivity contribution in [3.63, 3.8) is 0 Å². The fourth-order valence-electron chi connectivity index (χ4n) is 5.10. The van der Waals surface area contributed by atoms with E-state index in [1.807, 2.05) is 42.7 Å². The van der Waals surface area contributed by atoms with Crippen molar-refractivity contribution in [3.05, 3.63) is 71.7 Å². The molecule has 3 heterocycles. The van der Waals surface area contributed by atoms with Crippen molar-refractivity contribution in [1.29, 1.82) is 0 Å². The summed E-state index contributed by atoms with van der Waals surface area (Å²) in [6, 6.07) is 9.58. The molecule has 5 rings (SSSR count). The number of rotatable bonds is 6. The van der Waals surface area contributed by atoms with Gasteiger partial charge in [-0.05, 0) is 73.6 Å². The van der Waals surface area contributed by atoms with Crippen LogP contribution < -0.4 is 15.4 Å². The molecule has 2 amide bonds. The van der Waals surface area contributed by atoms with Crippen molar-refractivity contribution in [2.45, 2.75) is 69.8 Å². The monoisotopic (exact) mass is 446 g/mol. The van der Waals surface area contributed by atoms with Crippen LogP contribution in [0, 0.1) is 0 Å². The number of piperidine rings is 1. The lowest BCUT2D eigenvalue weighted by molar-refractivity contribution is -0.126. The van der Waals surface area contributed by atoms with Gasteiger partial charge in [0.15, 0.2) is 0 Å². The van der Waals surface area contributed by atoms with Crippen LogP contribution in [0.2, 0.25) is 0 Å². The molecular formula is C26H30N4O3. The van der Waals surface area contributed by atoms with Gasteiger partial charge in [0.05, 0.1) is 0 Å². The van der Waals surface area contributed by atoms with Gasteiger partial charge in [0.1, 0.15) is 17.9 Å². The van der Waals surface area contributed by atoms with E-state index in [1.54, 1.807) is 4.90 Å². The van der Waals surface area contributed by atoms with Crippen LogP contribution in [0.5, 0.6) is 5.75 Å². The van der Waals surface area contributed by atoms with Gasteiger partial charge in [-0.2, -0.15) is 0 Å². The summed E-state index contributed by atoms with van der Waals surface area (Å²) in [5, 5.41) is 6.44. The van der Waals surface area contributed by atoms with Crippen LogP contribution in [0.3, 0.4) is 0 Å². The normalized spacial score (nSPS) is 25.0. The number of hydrogen-bond acceptors (Lipinski definition) is 5. The summed E-state index contributed by atoms with van der Waals surface area (Å²) < 4.78 is 6.44. The molecule has 172 valence electrons. The van der Waals surface area contributed by atoms with E-state index in [-0.39, 0.29) is 24.0 Å². The third-order valence-corrected chi connectivity index (χ3v) is 6.91. The van der Waals surface area contributed by atoms with Crippen molar-refractivity contribution in [3.8, 4) is 5.75 Å². The number of amides is 2. The van der Waals surface area contributed by atoms with E-state index in [9.17, 15) is 9.59 Å². The van der Waals surface area contributed by atoms with Crippen molar-refractivity contribution in [2.75, 3.05) is 0 Å². The third-order valence-electron chi connectivity index (χ3n) is 6.91. The standard InChI is InChI=1S/C26H30N4O3/c1-17-6-9-23(25(31)29-17)30-16-19-14-20(7-8-21(19)26(30)32)33-24-5-3-2-4-22(24)28-15-18-10-12-27-13-11-18/h7-8,10-14,22-24,28H,1-6,9,15-16H2,(H,29,31)/t22-,23?,24+/m0/s1. The largest absolute Gasteiger partial charge is 0.489 e. The average molecular weight is 447 g/mol. The Morgan fingerprint density at radius 1 is 1.12 bits per heavy atom. The van der Waals surface area contributed by atoms with Gasteiger partial charge < -0.3 is 20.3 Å². The van der Waals surface area contributed by atoms with Gasteiger partial charge in [-0.15, -0.1) is 0 Å². The number of hydrogen-bond donors (Lipinski definition) is 2. The second-order valence-electron chi connectivity index (χ2n) is 9.18. The molecule has 33 heavy (non-hydrogen) atoms. The van der Waals surface area contributed by atoms with Gasteiger partial charge >= 0.3 is 0 Å². The number of fused-ring (bicyclic) bond motifs is 1. The average Bonchev–Trinajstić information content (AvgIpc) is 3.14. The molecule has 2 aromatic rings. The van der Waals surface area contributed by atoms with E-state index in [4.69, 9.17) is 4.74 Å². The summed E-state index contributed by atoms with van der Waals surface area (Å²) in [6.07, 6.45) is 9.44. The molecule has 1 aliphatic carbocycles. The van der Waals surface area contributed by atoms with E-state index >= 15 is 0 Å². The molecule has 2 fully saturated rings. The van der Waals surface area contributed by atoms with Crippen LogP contribution in [-0.2, 0) is 17.9 Å². The topological polar surface area (TPSA) is 83.6 Å². The molecule has 1 aromatic carbocycles. The van der Waals surface area contributed by atoms with E-state index in [0.29, 0.717) is 24.9 Å². The van der Waals surface area contributed by atoms with Crippen molar-refractivity contribution < 1.29 is 14.3 Å². The zero-order chi connectivity index (χ0) is 22.8. The first kappa shape index (κ1) is 21.6. The highest BCUT2D eigenvalue weighted by molar-refractivity contribution is 6.01. The fraction of sp³-hybridized carbons (Fsp3) is 0.423. The Labute approximate surface area is 194 Å². The Balaban J connectivity index is 1.25. The van der Waals surface area contributed by atoms with Gasteiger partial charge in [0, 0.05) is 42.8 Å². The lowest BCUT2D eigenvalue weighted by Gasteiger charge is -2.33. The van der Waals surface area contributed by atoms with Crippen LogP contribution in [0.1, 0.15) is 60.0 Å². The molecule has 1 unspecified atom stereocenters. The molecule has 1 saturated heterocycles. The molecule has 0 spiro atoms. The number of nitrogens with one attached hydrogen (secondary N) is 2. The summed E-state index contributed by atoms with van der Waals surface area (Å²) in [5.41, 5.74) is 3.51. The molecular weight excluding hydrogens is 416 g/mol. The molecule has 2 N–H and O–H groups in total. The van der Waals surface area contributed by atoms with E-state index in [0.717, 1.165) is 42.8 Å². The van der Waals surface area contributed by atoms with E-state index < -0.39 is 6.04 Å². The van der Waals surface area contributed by atoms with Gasteiger partial charge in [0.2, 0.25) is 5.91 Å². The van der Waals surface area contributed by atoms with Gasteiger partial charge in [0.25, 0.3) is 5.91 Å². The summed E-state index contributed by atoms with van der Waals surface area (Å²) in [5.74, 6) is 0.556. The summed E-state index contributed by atoms with van der Waals surface area (Å²) >= 11 is 0. The predicted octanol–water partition coefficient (Wildman–Crippen LogP) is 3.31. The minimum atomic E-state index is -0.445. The second kappa shape index (κ2) is 9.35. The SMILES string of the molecule is C=C1CCC(N2Cc3cc(O[C@@H]4CCCC[C@@H]4NCc4ccncc4)ccc3C2=O)C(=O)N1. The number of carbonyl (C=O) groups is 2. The minimum Gasteiger partial charge on any atom is -0.489 e. The highest BCUT2D eigenvalue weighted by Crippen LogP contribution is 2.32. The van der Waals surface area contributed by atoms with Crippen LogP contribution in [0.15, 0.2) is 55.0 Å². The summed E-state index contributed by atoms with van der Waals surface area (Å²) in [6.45, 7) is 5.05. The Kier molecular flexibility index (Phi) is 6.13. The Hall–Kier alpha value is -3.19. The zero-order valence-electron chi connectivity index (χ0n) is 18.8. The summed E-state index contributed by atoms with van der Waals surface area (Å²) in [4.78, 5) is 31.1. The van der Waals surface area contributed by atoms with Crippen LogP contribution in [0.25, 0.3) is 0 Å². The number of pyridine rings is 1. The fourth-order valence-corrected chi connectivity index (χ4v) is 5.10. The maximum atomic E-state index is 13.0. The Morgan fingerprint density at radius 3 is 2.76 bits per heavy atom. The van der Waals surface area contributed by atoms with E-state index in [2.05, 4.69) is 22.2 Å². The first-order chi connectivity index (χ1) is 16.1. The smallest absolute Gasteiger partial charge is 0.255 e. The number of nitrogens with zero attached hydrogens (tertiary/aromatic N) is 2. The van der Waals surface area contributed by atoms with Crippen molar-refractivity contribution >= 4 is 11.8 Å². The molecule has 3 aliphatic rings. The first-order valence-corrected chi connectivity index (χ1v) is 11.8. The van der Waals surface area contributed by atoms with Crippen LogP contribution >= 0.6 is 0 Å². The number of allylic oxidation sites excluding steroid dienone is 1. The maximum Gasteiger partial charge on any atom is 0.255 e. The Bertz CT molecular complexity index is 1050. The Morgan fingerprint density at radius 2 is 1.94 bits per heavy atom. The molecule has 1 saturated carbocycles. The number of aromatic nitrogens is 1. The van der Waals surface area contributed by atoms with Crippen LogP contribution in [-0.4, -0.2) is 39.9 Å². The van der Waals surface area contributed by atoms with Gasteiger partial charge in [-0.3, -0.25) is 14.6 Å². The highest BCUT2D eigenvalue weighted by atomic mass is 16.5. The lowest BCUT2D eigenvalue weighted by Crippen LogP contribution is -2.49. The highest BCUT2D eigenvalue weighted by Gasteiger charge is 2.38. The molecule has 7 nitrogen and oxygen atoms in total. The summed E-state index contributed by atoms with van der Waals surface area (Å²) in [7, 11) is 0. The maximum absolute atomic E-state index is 13.0. The molecule has 0 radical (unpaired) electrons. The van der Waals surface area contributed by atoms with E-state index in [1.165, 1.54) is 12.0 Å². The molecule has 2 aliphatic heterocycles. The number of carbonyl (C=O) groups excluding carboxylic acids is 2. The quantitative estimate of drug-likeness (QED) is 0.711. The number of ether oxygens (including phenoxy) is 1. The predicted molar refractivity (Wildman–Crippen MR) is 124 cm³/mol. The van der Waals surface area contributed by atoms with Gasteiger partial charge in [-0.25, -0.2) is 0 Å². The first-order valence-electron chi connectivity index (χ1n) is 11.8. The van der Waals surface area contributed by atoms with Gasteiger partial charge in [-0.1, -0.05) is 13.0 Å². The third kappa shape index (κ3) is 4.64. The second-order valence-corrected chi connectivity index (χ2v) is 9.18.